The molecule has 84 valence electrons. The highest BCUT2D eigenvalue weighted by atomic mass is 28.4. The second kappa shape index (κ2) is 8.17. The number of allylic oxidation sites excluding steroid dienone is 1. The van der Waals surface area contributed by atoms with Crippen LogP contribution >= 0.6 is 0 Å². The standard InChI is InChI=1S/C10H22O3Si/c1-5-9-10-14(11-6-2,12-7-3)13-8-4/h9-10H,5-8H2,1-4H3. The second-order valence-corrected chi connectivity index (χ2v) is 5.12. The van der Waals surface area contributed by atoms with Crippen molar-refractivity contribution in [2.24, 2.45) is 0 Å². The lowest BCUT2D eigenvalue weighted by Gasteiger charge is -2.25. The Kier molecular flexibility index (Phi) is 8.08. The fourth-order valence-electron chi connectivity index (χ4n) is 1.14. The van der Waals surface area contributed by atoms with Crippen LogP contribution in [0.25, 0.3) is 0 Å². The van der Waals surface area contributed by atoms with Crippen LogP contribution in [-0.2, 0) is 13.3 Å². The van der Waals surface area contributed by atoms with Gasteiger partial charge in [0.2, 0.25) is 0 Å². The van der Waals surface area contributed by atoms with Crippen molar-refractivity contribution in [2.45, 2.75) is 34.1 Å². The molecule has 0 aliphatic heterocycles. The van der Waals surface area contributed by atoms with Gasteiger partial charge in [0.15, 0.2) is 0 Å². The van der Waals surface area contributed by atoms with Crippen LogP contribution in [0.2, 0.25) is 0 Å². The molecule has 0 aliphatic carbocycles. The first-order chi connectivity index (χ1) is 6.74. The summed E-state index contributed by atoms with van der Waals surface area (Å²) in [7, 11) is -2.50. The number of hydrogen-bond donors (Lipinski definition) is 0. The predicted molar refractivity (Wildman–Crippen MR) is 60.1 cm³/mol. The van der Waals surface area contributed by atoms with Crippen LogP contribution in [0, 0.1) is 0 Å². The normalized spacial score (nSPS) is 12.6. The molecule has 0 atom stereocenters. The van der Waals surface area contributed by atoms with Crippen molar-refractivity contribution in [3.63, 3.8) is 0 Å². The van der Waals surface area contributed by atoms with Crippen LogP contribution in [0.1, 0.15) is 34.1 Å². The maximum atomic E-state index is 5.62. The minimum atomic E-state index is -2.50. The summed E-state index contributed by atoms with van der Waals surface area (Å²) < 4.78 is 16.9. The van der Waals surface area contributed by atoms with E-state index in [-0.39, 0.29) is 0 Å². The number of hydrogen-bond acceptors (Lipinski definition) is 3. The minimum Gasteiger partial charge on any atom is -0.371 e. The lowest BCUT2D eigenvalue weighted by Crippen LogP contribution is -2.44. The van der Waals surface area contributed by atoms with Gasteiger partial charge in [0, 0.05) is 19.8 Å². The average Bonchev–Trinajstić information content (AvgIpc) is 2.16. The van der Waals surface area contributed by atoms with Crippen molar-refractivity contribution in [3.8, 4) is 0 Å². The summed E-state index contributed by atoms with van der Waals surface area (Å²) in [5.74, 6) is 0. The van der Waals surface area contributed by atoms with Gasteiger partial charge in [0.25, 0.3) is 0 Å². The summed E-state index contributed by atoms with van der Waals surface area (Å²) in [4.78, 5) is 0. The summed E-state index contributed by atoms with van der Waals surface area (Å²) >= 11 is 0. The fourth-order valence-corrected chi connectivity index (χ4v) is 3.41. The van der Waals surface area contributed by atoms with Gasteiger partial charge in [-0.25, -0.2) is 0 Å². The Labute approximate surface area is 88.4 Å². The first-order valence-corrected chi connectivity index (χ1v) is 7.14. The SMILES string of the molecule is CCC=C[Si](OCC)(OCC)OCC. The van der Waals surface area contributed by atoms with Crippen LogP contribution in [-0.4, -0.2) is 28.6 Å². The van der Waals surface area contributed by atoms with E-state index in [1.165, 1.54) is 0 Å². The zero-order valence-electron chi connectivity index (χ0n) is 9.71. The summed E-state index contributed by atoms with van der Waals surface area (Å²) in [6, 6.07) is 0. The molecule has 0 saturated heterocycles. The first kappa shape index (κ1) is 13.8. The highest BCUT2D eigenvalue weighted by Gasteiger charge is 2.37. The second-order valence-electron chi connectivity index (χ2n) is 2.71. The molecule has 0 aliphatic rings. The fraction of sp³-hybridized carbons (Fsp3) is 0.800. The Bertz CT molecular complexity index is 142. The Morgan fingerprint density at radius 1 is 0.857 bits per heavy atom. The zero-order chi connectivity index (χ0) is 10.9. The third kappa shape index (κ3) is 4.90. The van der Waals surface area contributed by atoms with Gasteiger partial charge < -0.3 is 13.3 Å². The molecule has 14 heavy (non-hydrogen) atoms. The van der Waals surface area contributed by atoms with E-state index in [1.807, 2.05) is 32.5 Å². The highest BCUT2D eigenvalue weighted by Crippen LogP contribution is 2.12. The van der Waals surface area contributed by atoms with Gasteiger partial charge in [-0.3, -0.25) is 0 Å². The molecule has 3 nitrogen and oxygen atoms in total. The smallest absolute Gasteiger partial charge is 0.371 e. The van der Waals surface area contributed by atoms with Crippen molar-refractivity contribution in [1.82, 2.24) is 0 Å². The van der Waals surface area contributed by atoms with Crippen molar-refractivity contribution in [2.75, 3.05) is 19.8 Å². The van der Waals surface area contributed by atoms with E-state index in [1.54, 1.807) is 0 Å². The van der Waals surface area contributed by atoms with E-state index in [4.69, 9.17) is 13.3 Å². The van der Waals surface area contributed by atoms with Gasteiger partial charge in [0.05, 0.1) is 0 Å². The van der Waals surface area contributed by atoms with E-state index in [0.29, 0.717) is 19.8 Å². The minimum absolute atomic E-state index is 0.625. The summed E-state index contributed by atoms with van der Waals surface area (Å²) in [6.07, 6.45) is 3.02. The Morgan fingerprint density at radius 3 is 1.57 bits per heavy atom. The predicted octanol–water partition coefficient (Wildman–Crippen LogP) is 2.54. The Hall–Kier alpha value is -0.163. The maximum Gasteiger partial charge on any atom is 0.529 e. The van der Waals surface area contributed by atoms with Crippen LogP contribution in [0.15, 0.2) is 11.8 Å². The molecule has 0 heterocycles. The molecule has 0 N–H and O–H groups in total. The van der Waals surface area contributed by atoms with Crippen molar-refractivity contribution in [3.05, 3.63) is 11.8 Å². The molecule has 0 fully saturated rings. The van der Waals surface area contributed by atoms with Gasteiger partial charge in [-0.2, -0.15) is 0 Å². The molecule has 0 unspecified atom stereocenters. The summed E-state index contributed by atoms with van der Waals surface area (Å²) in [5, 5.41) is 0. The van der Waals surface area contributed by atoms with E-state index >= 15 is 0 Å². The van der Waals surface area contributed by atoms with Crippen molar-refractivity contribution < 1.29 is 13.3 Å². The molecule has 0 saturated carbocycles. The molecule has 0 aromatic rings. The maximum absolute atomic E-state index is 5.62. The molecular formula is C10H22O3Si. The van der Waals surface area contributed by atoms with Gasteiger partial charge in [-0.05, 0) is 32.9 Å². The molecule has 0 radical (unpaired) electrons. The molecule has 0 amide bonds. The molecular weight excluding hydrogens is 196 g/mol. The molecule has 4 heteroatoms. The van der Waals surface area contributed by atoms with E-state index in [0.717, 1.165) is 6.42 Å². The van der Waals surface area contributed by atoms with Crippen LogP contribution < -0.4 is 0 Å². The monoisotopic (exact) mass is 218 g/mol. The number of rotatable bonds is 8. The quantitative estimate of drug-likeness (QED) is 0.586. The third-order valence-electron chi connectivity index (χ3n) is 1.59. The van der Waals surface area contributed by atoms with Crippen molar-refractivity contribution in [1.29, 1.82) is 0 Å². The van der Waals surface area contributed by atoms with Gasteiger partial charge >= 0.3 is 8.80 Å². The van der Waals surface area contributed by atoms with E-state index in [2.05, 4.69) is 6.92 Å². The van der Waals surface area contributed by atoms with E-state index in [9.17, 15) is 0 Å². The van der Waals surface area contributed by atoms with Crippen LogP contribution in [0.3, 0.4) is 0 Å². The van der Waals surface area contributed by atoms with Crippen molar-refractivity contribution >= 4 is 8.80 Å². The summed E-state index contributed by atoms with van der Waals surface area (Å²) in [6.45, 7) is 9.83. The topological polar surface area (TPSA) is 27.7 Å². The lowest BCUT2D eigenvalue weighted by molar-refractivity contribution is 0.0842. The third-order valence-corrected chi connectivity index (χ3v) is 4.31. The molecule has 0 aromatic heterocycles. The van der Waals surface area contributed by atoms with Crippen LogP contribution in [0.4, 0.5) is 0 Å². The first-order valence-electron chi connectivity index (χ1n) is 5.34. The summed E-state index contributed by atoms with van der Waals surface area (Å²) in [5.41, 5.74) is 1.98. The Morgan fingerprint density at radius 2 is 1.29 bits per heavy atom. The lowest BCUT2D eigenvalue weighted by atomic mass is 10.5. The van der Waals surface area contributed by atoms with Gasteiger partial charge in [0.1, 0.15) is 0 Å². The van der Waals surface area contributed by atoms with Gasteiger partial charge in [-0.15, -0.1) is 0 Å². The zero-order valence-corrected chi connectivity index (χ0v) is 10.7. The Balaban J connectivity index is 4.45. The largest absolute Gasteiger partial charge is 0.529 e. The molecule has 0 aromatic carbocycles. The van der Waals surface area contributed by atoms with Gasteiger partial charge in [-0.1, -0.05) is 13.0 Å². The highest BCUT2D eigenvalue weighted by molar-refractivity contribution is 6.66. The van der Waals surface area contributed by atoms with Crippen LogP contribution in [0.5, 0.6) is 0 Å². The van der Waals surface area contributed by atoms with E-state index < -0.39 is 8.80 Å². The molecule has 0 spiro atoms. The molecule has 0 rings (SSSR count). The molecule has 0 bridgehead atoms. The average molecular weight is 218 g/mol.